The number of likely N-dealkylation sites (tertiary alicyclic amines) is 1. The van der Waals surface area contributed by atoms with Crippen LogP contribution in [0.4, 0.5) is 0 Å². The minimum Gasteiger partial charge on any atom is -0.494 e. The second-order valence-electron chi connectivity index (χ2n) is 6.63. The maximum absolute atomic E-state index is 5.74. The Labute approximate surface area is 179 Å². The Kier molecular flexibility index (Phi) is 8.90. The van der Waals surface area contributed by atoms with E-state index in [1.807, 2.05) is 48.3 Å². The van der Waals surface area contributed by atoms with Gasteiger partial charge in [-0.3, -0.25) is 9.67 Å². The number of hydrogen-bond donors (Lipinski definition) is 1. The lowest BCUT2D eigenvalue weighted by Crippen LogP contribution is -2.40. The smallest absolute Gasteiger partial charge is 0.193 e. The fraction of sp³-hybridized carbons (Fsp3) is 0.500. The van der Waals surface area contributed by atoms with Crippen molar-refractivity contribution < 1.29 is 4.74 Å². The minimum atomic E-state index is 0. The highest BCUT2D eigenvalue weighted by Crippen LogP contribution is 2.26. The zero-order valence-electron chi connectivity index (χ0n) is 16.2. The lowest BCUT2D eigenvalue weighted by Gasteiger charge is -2.21. The monoisotopic (exact) mass is 483 g/mol. The average Bonchev–Trinajstić information content (AvgIpc) is 3.30. The van der Waals surface area contributed by atoms with Gasteiger partial charge >= 0.3 is 0 Å². The topological polar surface area (TPSA) is 54.7 Å². The van der Waals surface area contributed by atoms with Crippen molar-refractivity contribution in [3.8, 4) is 5.75 Å². The molecule has 0 amide bonds. The van der Waals surface area contributed by atoms with Gasteiger partial charge in [0.15, 0.2) is 5.96 Å². The molecule has 148 valence electrons. The quantitative estimate of drug-likeness (QED) is 0.284. The summed E-state index contributed by atoms with van der Waals surface area (Å²) in [5, 5.41) is 7.73. The fourth-order valence-electron chi connectivity index (χ4n) is 3.26. The third kappa shape index (κ3) is 6.41. The molecule has 1 fully saturated rings. The Morgan fingerprint density at radius 2 is 2.15 bits per heavy atom. The zero-order valence-corrected chi connectivity index (χ0v) is 18.5. The number of benzene rings is 1. The number of aryl methyl sites for hydroxylation is 1. The number of para-hydroxylation sites is 1. The van der Waals surface area contributed by atoms with Gasteiger partial charge in [-0.1, -0.05) is 18.2 Å². The van der Waals surface area contributed by atoms with Gasteiger partial charge in [0, 0.05) is 51.8 Å². The Hall–Kier alpha value is -1.77. The van der Waals surface area contributed by atoms with E-state index in [0.717, 1.165) is 50.7 Å². The van der Waals surface area contributed by atoms with E-state index in [9.17, 15) is 0 Å². The van der Waals surface area contributed by atoms with E-state index in [0.29, 0.717) is 12.5 Å². The lowest BCUT2D eigenvalue weighted by atomic mass is 10.0. The molecule has 1 unspecified atom stereocenters. The molecule has 1 aromatic heterocycles. The number of hydrogen-bond acceptors (Lipinski definition) is 3. The van der Waals surface area contributed by atoms with Crippen molar-refractivity contribution in [2.24, 2.45) is 12.0 Å². The van der Waals surface area contributed by atoms with Crippen LogP contribution in [-0.2, 0) is 7.05 Å². The highest BCUT2D eigenvalue weighted by molar-refractivity contribution is 14.0. The number of rotatable bonds is 7. The van der Waals surface area contributed by atoms with E-state index >= 15 is 0 Å². The van der Waals surface area contributed by atoms with Crippen LogP contribution in [0.2, 0.25) is 0 Å². The summed E-state index contributed by atoms with van der Waals surface area (Å²) in [5.74, 6) is 2.47. The normalized spacial score (nSPS) is 16.9. The largest absolute Gasteiger partial charge is 0.494 e. The minimum absolute atomic E-state index is 0. The van der Waals surface area contributed by atoms with E-state index in [1.54, 1.807) is 0 Å². The summed E-state index contributed by atoms with van der Waals surface area (Å²) in [5.41, 5.74) is 1.32. The summed E-state index contributed by atoms with van der Waals surface area (Å²) < 4.78 is 7.62. The highest BCUT2D eigenvalue weighted by Gasteiger charge is 2.26. The average molecular weight is 483 g/mol. The Bertz CT molecular complexity index is 703. The van der Waals surface area contributed by atoms with Gasteiger partial charge in [-0.2, -0.15) is 5.10 Å². The number of aromatic nitrogens is 2. The third-order valence-electron chi connectivity index (χ3n) is 4.59. The molecule has 1 N–H and O–H groups in total. The molecule has 1 aliphatic heterocycles. The van der Waals surface area contributed by atoms with Crippen LogP contribution < -0.4 is 10.1 Å². The van der Waals surface area contributed by atoms with Crippen LogP contribution in [0.1, 0.15) is 31.2 Å². The van der Waals surface area contributed by atoms with Gasteiger partial charge in [0.1, 0.15) is 5.75 Å². The standard InChI is InChI=1S/C20H29N5O.HI/c1-3-21-20(22-11-7-13-26-19-8-5-4-6-9-19)25-12-10-17(16-25)18-14-23-24(2)15-18;/h4-6,8-9,14-15,17H,3,7,10-13,16H2,1-2H3,(H,21,22);1H. The molecular formula is C20H30IN5O. The van der Waals surface area contributed by atoms with Crippen LogP contribution in [-0.4, -0.2) is 53.4 Å². The maximum Gasteiger partial charge on any atom is 0.193 e. The molecule has 0 saturated carbocycles. The number of aliphatic imine (C=N–C) groups is 1. The molecule has 1 saturated heterocycles. The van der Waals surface area contributed by atoms with E-state index in [-0.39, 0.29) is 24.0 Å². The van der Waals surface area contributed by atoms with Crippen LogP contribution in [0.25, 0.3) is 0 Å². The molecule has 0 spiro atoms. The molecule has 3 rings (SSSR count). The van der Waals surface area contributed by atoms with Gasteiger partial charge in [0.25, 0.3) is 0 Å². The van der Waals surface area contributed by atoms with Gasteiger partial charge in [-0.05, 0) is 31.0 Å². The van der Waals surface area contributed by atoms with E-state index in [2.05, 4.69) is 28.4 Å². The SMILES string of the molecule is CCNC(=NCCCOc1ccccc1)N1CCC(c2cnn(C)c2)C1.I. The van der Waals surface area contributed by atoms with Gasteiger partial charge in [0.05, 0.1) is 12.8 Å². The van der Waals surface area contributed by atoms with Crippen molar-refractivity contribution in [1.29, 1.82) is 0 Å². The summed E-state index contributed by atoms with van der Waals surface area (Å²) in [6, 6.07) is 9.94. The van der Waals surface area contributed by atoms with E-state index in [1.165, 1.54) is 5.56 Å². The molecule has 0 aliphatic carbocycles. The van der Waals surface area contributed by atoms with Crippen LogP contribution in [0.5, 0.6) is 5.75 Å². The number of halogens is 1. The van der Waals surface area contributed by atoms with Crippen molar-refractivity contribution in [1.82, 2.24) is 20.0 Å². The first-order valence-corrected chi connectivity index (χ1v) is 9.46. The number of ether oxygens (including phenoxy) is 1. The second-order valence-corrected chi connectivity index (χ2v) is 6.63. The highest BCUT2D eigenvalue weighted by atomic mass is 127. The Morgan fingerprint density at radius 3 is 2.85 bits per heavy atom. The number of guanidine groups is 1. The fourth-order valence-corrected chi connectivity index (χ4v) is 3.26. The van der Waals surface area contributed by atoms with Crippen molar-refractivity contribution in [3.63, 3.8) is 0 Å². The van der Waals surface area contributed by atoms with Crippen molar-refractivity contribution in [2.75, 3.05) is 32.8 Å². The molecule has 7 heteroatoms. The Balaban J connectivity index is 0.00000261. The molecule has 1 atom stereocenters. The van der Waals surface area contributed by atoms with E-state index in [4.69, 9.17) is 9.73 Å². The Morgan fingerprint density at radius 1 is 1.33 bits per heavy atom. The first kappa shape index (κ1) is 21.5. The van der Waals surface area contributed by atoms with Crippen LogP contribution in [0.15, 0.2) is 47.7 Å². The summed E-state index contributed by atoms with van der Waals surface area (Å²) in [4.78, 5) is 7.15. The molecule has 1 aliphatic rings. The van der Waals surface area contributed by atoms with Crippen molar-refractivity contribution in [3.05, 3.63) is 48.3 Å². The van der Waals surface area contributed by atoms with E-state index < -0.39 is 0 Å². The molecule has 1 aromatic carbocycles. The summed E-state index contributed by atoms with van der Waals surface area (Å²) in [6.07, 6.45) is 6.16. The predicted molar refractivity (Wildman–Crippen MR) is 120 cm³/mol. The zero-order chi connectivity index (χ0) is 18.2. The summed E-state index contributed by atoms with van der Waals surface area (Å²) in [7, 11) is 1.97. The predicted octanol–water partition coefficient (Wildman–Crippen LogP) is 3.26. The first-order valence-electron chi connectivity index (χ1n) is 9.46. The molecule has 0 bridgehead atoms. The van der Waals surface area contributed by atoms with Gasteiger partial charge in [0.2, 0.25) is 0 Å². The maximum atomic E-state index is 5.74. The van der Waals surface area contributed by atoms with Crippen molar-refractivity contribution in [2.45, 2.75) is 25.7 Å². The molecule has 2 heterocycles. The summed E-state index contributed by atoms with van der Waals surface area (Å²) >= 11 is 0. The van der Waals surface area contributed by atoms with Gasteiger partial charge < -0.3 is 15.0 Å². The molecule has 27 heavy (non-hydrogen) atoms. The molecular weight excluding hydrogens is 453 g/mol. The van der Waals surface area contributed by atoms with Gasteiger partial charge in [-0.25, -0.2) is 0 Å². The molecule has 6 nitrogen and oxygen atoms in total. The number of nitrogens with one attached hydrogen (secondary N) is 1. The molecule has 2 aromatic rings. The van der Waals surface area contributed by atoms with Crippen molar-refractivity contribution >= 4 is 29.9 Å². The molecule has 0 radical (unpaired) electrons. The third-order valence-corrected chi connectivity index (χ3v) is 4.59. The number of nitrogens with zero attached hydrogens (tertiary/aromatic N) is 4. The van der Waals surface area contributed by atoms with Crippen LogP contribution >= 0.6 is 24.0 Å². The van der Waals surface area contributed by atoms with Crippen LogP contribution in [0, 0.1) is 0 Å². The van der Waals surface area contributed by atoms with Crippen LogP contribution in [0.3, 0.4) is 0 Å². The second kappa shape index (κ2) is 11.2. The lowest BCUT2D eigenvalue weighted by molar-refractivity contribution is 0.313. The summed E-state index contributed by atoms with van der Waals surface area (Å²) in [6.45, 7) is 6.48. The van der Waals surface area contributed by atoms with Gasteiger partial charge in [-0.15, -0.1) is 24.0 Å². The first-order chi connectivity index (χ1) is 12.8.